The van der Waals surface area contributed by atoms with Crippen LogP contribution in [0.15, 0.2) is 59.2 Å². The minimum atomic E-state index is -1.50. The number of aryl methyl sites for hydroxylation is 4. The molecule has 0 amide bonds. The van der Waals surface area contributed by atoms with Crippen molar-refractivity contribution in [3.05, 3.63) is 81.4 Å². The normalized spacial score (nSPS) is 20.1. The van der Waals surface area contributed by atoms with Crippen molar-refractivity contribution in [2.75, 3.05) is 0 Å². The van der Waals surface area contributed by atoms with Gasteiger partial charge in [0.25, 0.3) is 0 Å². The summed E-state index contributed by atoms with van der Waals surface area (Å²) >= 11 is 0. The molecule has 1 aliphatic rings. The van der Waals surface area contributed by atoms with Crippen LogP contribution in [0.3, 0.4) is 0 Å². The summed E-state index contributed by atoms with van der Waals surface area (Å²) < 4.78 is 0. The molecule has 0 saturated heterocycles. The van der Waals surface area contributed by atoms with Crippen molar-refractivity contribution in [2.24, 2.45) is 0 Å². The van der Waals surface area contributed by atoms with Gasteiger partial charge in [-0.05, 0) is 54.0 Å². The molecule has 2 aromatic carbocycles. The summed E-state index contributed by atoms with van der Waals surface area (Å²) in [7, 11) is -1.50. The summed E-state index contributed by atoms with van der Waals surface area (Å²) in [5.41, 5.74) is 10.0. The summed E-state index contributed by atoms with van der Waals surface area (Å²) in [5.74, 6) is 0. The molecule has 0 aromatic heterocycles. The highest BCUT2D eigenvalue weighted by Gasteiger charge is 2.41. The molecule has 0 N–H and O–H groups in total. The van der Waals surface area contributed by atoms with E-state index in [4.69, 9.17) is 0 Å². The lowest BCUT2D eigenvalue weighted by Crippen LogP contribution is -2.51. The van der Waals surface area contributed by atoms with Crippen LogP contribution >= 0.6 is 0 Å². The van der Waals surface area contributed by atoms with Crippen molar-refractivity contribution < 1.29 is 0 Å². The Morgan fingerprint density at radius 2 is 1.00 bits per heavy atom. The van der Waals surface area contributed by atoms with Crippen LogP contribution in [0.2, 0.25) is 5.04 Å². The molecule has 0 aliphatic heterocycles. The number of rotatable bonds is 3. The standard InChI is InChI=1S/C25H32Si/c1-16-9-17(2)12-23(11-16)26(24-13-18(3)10-19(4)14-24)25(8)15-20(5)21(6)22(25)7/h9-15,26H,1-8H3. The summed E-state index contributed by atoms with van der Waals surface area (Å²) in [6.45, 7) is 18.3. The fraction of sp³-hybridized carbons (Fsp3) is 0.360. The minimum absolute atomic E-state index is 0.147. The molecule has 0 spiro atoms. The average molecular weight is 361 g/mol. The molecule has 1 unspecified atom stereocenters. The van der Waals surface area contributed by atoms with E-state index in [1.54, 1.807) is 15.9 Å². The summed E-state index contributed by atoms with van der Waals surface area (Å²) in [6, 6.07) is 14.4. The van der Waals surface area contributed by atoms with Gasteiger partial charge in [0, 0.05) is 5.04 Å². The summed E-state index contributed by atoms with van der Waals surface area (Å²) in [5, 5.41) is 3.27. The van der Waals surface area contributed by atoms with Gasteiger partial charge >= 0.3 is 0 Å². The lowest BCUT2D eigenvalue weighted by molar-refractivity contribution is 0.882. The molecule has 0 nitrogen and oxygen atoms in total. The molecular weight excluding hydrogens is 328 g/mol. The Balaban J connectivity index is 2.30. The van der Waals surface area contributed by atoms with Crippen molar-refractivity contribution in [3.8, 4) is 0 Å². The van der Waals surface area contributed by atoms with Gasteiger partial charge in [-0.25, -0.2) is 0 Å². The van der Waals surface area contributed by atoms with E-state index in [-0.39, 0.29) is 5.04 Å². The zero-order valence-corrected chi connectivity index (χ0v) is 18.8. The highest BCUT2D eigenvalue weighted by atomic mass is 28.3. The van der Waals surface area contributed by atoms with Gasteiger partial charge in [0.2, 0.25) is 0 Å². The maximum Gasteiger partial charge on any atom is 0.116 e. The average Bonchev–Trinajstić information content (AvgIpc) is 2.69. The lowest BCUT2D eigenvalue weighted by atomic mass is 10.0. The first-order valence-corrected chi connectivity index (χ1v) is 11.4. The Bertz CT molecular complexity index is 837. The Kier molecular flexibility index (Phi) is 4.87. The zero-order chi connectivity index (χ0) is 19.2. The maximum atomic E-state index is 2.56. The smallest absolute Gasteiger partial charge is 0.0736 e. The van der Waals surface area contributed by atoms with Crippen LogP contribution in [0.4, 0.5) is 0 Å². The molecule has 0 radical (unpaired) electrons. The van der Waals surface area contributed by atoms with Crippen molar-refractivity contribution in [3.63, 3.8) is 0 Å². The quantitative estimate of drug-likeness (QED) is 0.650. The van der Waals surface area contributed by atoms with Gasteiger partial charge in [-0.3, -0.25) is 0 Å². The molecule has 1 aliphatic carbocycles. The fourth-order valence-corrected chi connectivity index (χ4v) is 9.46. The Labute approximate surface area is 161 Å². The minimum Gasteiger partial charge on any atom is -0.0736 e. The molecule has 3 rings (SSSR count). The maximum absolute atomic E-state index is 2.56. The van der Waals surface area contributed by atoms with Crippen LogP contribution in [0.25, 0.3) is 0 Å². The second-order valence-corrected chi connectivity index (χ2v) is 12.0. The van der Waals surface area contributed by atoms with Gasteiger partial charge < -0.3 is 0 Å². The van der Waals surface area contributed by atoms with E-state index in [0.29, 0.717) is 0 Å². The molecule has 2 aromatic rings. The SMILES string of the molecule is CC1=CC(C)([SiH](c2cc(C)cc(C)c2)c2cc(C)cc(C)c2)C(C)=C1C. The van der Waals surface area contributed by atoms with Gasteiger partial charge in [-0.1, -0.05) is 93.2 Å². The van der Waals surface area contributed by atoms with Crippen LogP contribution < -0.4 is 10.4 Å². The van der Waals surface area contributed by atoms with Crippen LogP contribution in [-0.4, -0.2) is 8.80 Å². The van der Waals surface area contributed by atoms with Crippen LogP contribution in [0, 0.1) is 27.7 Å². The third kappa shape index (κ3) is 3.25. The first-order chi connectivity index (χ1) is 12.1. The first kappa shape index (κ1) is 18.9. The zero-order valence-electron chi connectivity index (χ0n) is 17.6. The molecule has 0 heterocycles. The second kappa shape index (κ2) is 6.70. The molecule has 0 saturated carbocycles. The largest absolute Gasteiger partial charge is 0.116 e. The Hall–Kier alpha value is -1.86. The predicted octanol–water partition coefficient (Wildman–Crippen LogP) is 5.32. The number of hydrogen-bond acceptors (Lipinski definition) is 0. The van der Waals surface area contributed by atoms with Gasteiger partial charge in [0.1, 0.15) is 8.80 Å². The number of allylic oxidation sites excluding steroid dienone is 4. The molecular formula is C25H32Si. The number of hydrogen-bond donors (Lipinski definition) is 0. The van der Waals surface area contributed by atoms with Gasteiger partial charge in [0.15, 0.2) is 0 Å². The Morgan fingerprint density at radius 1 is 0.615 bits per heavy atom. The van der Waals surface area contributed by atoms with Crippen molar-refractivity contribution in [1.29, 1.82) is 0 Å². The van der Waals surface area contributed by atoms with Gasteiger partial charge in [-0.2, -0.15) is 0 Å². The van der Waals surface area contributed by atoms with Crippen molar-refractivity contribution in [1.82, 2.24) is 0 Å². The highest BCUT2D eigenvalue weighted by molar-refractivity contribution is 6.88. The van der Waals surface area contributed by atoms with Crippen LogP contribution in [-0.2, 0) is 0 Å². The van der Waals surface area contributed by atoms with Crippen LogP contribution in [0.5, 0.6) is 0 Å². The van der Waals surface area contributed by atoms with E-state index in [1.807, 2.05) is 0 Å². The van der Waals surface area contributed by atoms with Crippen LogP contribution in [0.1, 0.15) is 49.9 Å². The summed E-state index contributed by atoms with van der Waals surface area (Å²) in [4.78, 5) is 0. The van der Waals surface area contributed by atoms with E-state index in [1.165, 1.54) is 33.4 Å². The van der Waals surface area contributed by atoms with Gasteiger partial charge in [0.05, 0.1) is 0 Å². The lowest BCUT2D eigenvalue weighted by Gasteiger charge is -2.35. The van der Waals surface area contributed by atoms with E-state index < -0.39 is 8.80 Å². The van der Waals surface area contributed by atoms with E-state index in [9.17, 15) is 0 Å². The molecule has 1 atom stereocenters. The first-order valence-electron chi connectivity index (χ1n) is 9.66. The summed E-state index contributed by atoms with van der Waals surface area (Å²) in [6.07, 6.45) is 2.56. The van der Waals surface area contributed by atoms with Crippen molar-refractivity contribution in [2.45, 2.75) is 60.4 Å². The van der Waals surface area contributed by atoms with E-state index >= 15 is 0 Å². The fourth-order valence-electron chi connectivity index (χ4n) is 4.90. The molecule has 26 heavy (non-hydrogen) atoms. The molecule has 1 heteroatoms. The third-order valence-electron chi connectivity index (χ3n) is 6.23. The second-order valence-electron chi connectivity index (χ2n) is 8.64. The monoisotopic (exact) mass is 360 g/mol. The van der Waals surface area contributed by atoms with E-state index in [2.05, 4.69) is 97.9 Å². The molecule has 136 valence electrons. The van der Waals surface area contributed by atoms with E-state index in [0.717, 1.165) is 0 Å². The number of benzene rings is 2. The molecule has 0 bridgehead atoms. The third-order valence-corrected chi connectivity index (χ3v) is 10.0. The van der Waals surface area contributed by atoms with Crippen molar-refractivity contribution >= 4 is 19.2 Å². The topological polar surface area (TPSA) is 0 Å². The Morgan fingerprint density at radius 3 is 1.31 bits per heavy atom. The molecule has 0 fully saturated rings. The van der Waals surface area contributed by atoms with Gasteiger partial charge in [-0.15, -0.1) is 0 Å². The predicted molar refractivity (Wildman–Crippen MR) is 119 cm³/mol. The highest BCUT2D eigenvalue weighted by Crippen LogP contribution is 2.48.